The third-order valence-corrected chi connectivity index (χ3v) is 5.60. The molecule has 1 aliphatic rings. The Morgan fingerprint density at radius 2 is 1.92 bits per heavy atom. The van der Waals surface area contributed by atoms with Crippen LogP contribution in [0.1, 0.15) is 29.5 Å². The number of hydrogen-bond acceptors (Lipinski definition) is 2. The van der Waals surface area contributed by atoms with E-state index in [4.69, 9.17) is 23.2 Å². The number of anilines is 1. The molecule has 0 unspecified atom stereocenters. The molecule has 3 nitrogen and oxygen atoms in total. The number of likely N-dealkylation sites (tertiary alicyclic amines) is 1. The van der Waals surface area contributed by atoms with Gasteiger partial charge < -0.3 is 5.32 Å². The van der Waals surface area contributed by atoms with E-state index in [1.54, 1.807) is 6.07 Å². The third-order valence-electron chi connectivity index (χ3n) is 5.01. The maximum Gasteiger partial charge on any atom is 0.228 e. The summed E-state index contributed by atoms with van der Waals surface area (Å²) in [6.45, 7) is 6.52. The molecule has 0 radical (unpaired) electrons. The van der Waals surface area contributed by atoms with Crippen LogP contribution in [0.3, 0.4) is 0 Å². The first-order valence-corrected chi connectivity index (χ1v) is 9.73. The molecule has 1 atom stereocenters. The molecule has 0 spiro atoms. The van der Waals surface area contributed by atoms with Crippen LogP contribution in [0, 0.1) is 19.8 Å². The number of piperidine rings is 1. The molecule has 26 heavy (non-hydrogen) atoms. The van der Waals surface area contributed by atoms with Gasteiger partial charge in [-0.25, -0.2) is 0 Å². The van der Waals surface area contributed by atoms with Gasteiger partial charge in [0, 0.05) is 28.8 Å². The second-order valence-corrected chi connectivity index (χ2v) is 7.91. The van der Waals surface area contributed by atoms with Crippen molar-refractivity contribution < 1.29 is 4.79 Å². The van der Waals surface area contributed by atoms with Crippen molar-refractivity contribution in [3.63, 3.8) is 0 Å². The Morgan fingerprint density at radius 1 is 1.19 bits per heavy atom. The second kappa shape index (κ2) is 8.43. The summed E-state index contributed by atoms with van der Waals surface area (Å²) in [5.41, 5.74) is 4.18. The monoisotopic (exact) mass is 390 g/mol. The van der Waals surface area contributed by atoms with Crippen LogP contribution in [-0.2, 0) is 11.3 Å². The van der Waals surface area contributed by atoms with Crippen molar-refractivity contribution in [3.05, 3.63) is 63.1 Å². The smallest absolute Gasteiger partial charge is 0.228 e. The number of benzene rings is 2. The molecule has 0 aromatic heterocycles. The van der Waals surface area contributed by atoms with E-state index in [1.807, 2.05) is 44.2 Å². The number of nitrogens with one attached hydrogen (secondary N) is 1. The largest absolute Gasteiger partial charge is 0.325 e. The van der Waals surface area contributed by atoms with E-state index in [9.17, 15) is 4.79 Å². The lowest BCUT2D eigenvalue weighted by molar-refractivity contribution is -0.121. The summed E-state index contributed by atoms with van der Waals surface area (Å²) in [7, 11) is 0. The quantitative estimate of drug-likeness (QED) is 0.751. The molecule has 0 saturated carbocycles. The molecule has 2 aromatic carbocycles. The van der Waals surface area contributed by atoms with Crippen LogP contribution >= 0.6 is 23.2 Å². The van der Waals surface area contributed by atoms with Gasteiger partial charge in [-0.05, 0) is 62.1 Å². The molecular formula is C21H24Cl2N2O. The van der Waals surface area contributed by atoms with Crippen LogP contribution in [-0.4, -0.2) is 23.9 Å². The number of aryl methyl sites for hydroxylation is 2. The molecule has 1 heterocycles. The van der Waals surface area contributed by atoms with Gasteiger partial charge in [0.2, 0.25) is 5.91 Å². The molecule has 1 N–H and O–H groups in total. The number of hydrogen-bond donors (Lipinski definition) is 1. The van der Waals surface area contributed by atoms with Gasteiger partial charge in [0.25, 0.3) is 0 Å². The summed E-state index contributed by atoms with van der Waals surface area (Å²) >= 11 is 12.3. The number of amides is 1. The van der Waals surface area contributed by atoms with Crippen molar-refractivity contribution in [3.8, 4) is 0 Å². The lowest BCUT2D eigenvalue weighted by atomic mass is 9.96. The van der Waals surface area contributed by atoms with Crippen LogP contribution in [0.2, 0.25) is 10.0 Å². The van der Waals surface area contributed by atoms with Gasteiger partial charge in [0.05, 0.1) is 5.92 Å². The van der Waals surface area contributed by atoms with E-state index in [0.717, 1.165) is 54.9 Å². The normalized spacial score (nSPS) is 17.9. The zero-order valence-corrected chi connectivity index (χ0v) is 16.7. The second-order valence-electron chi connectivity index (χ2n) is 7.07. The van der Waals surface area contributed by atoms with Gasteiger partial charge in [0.15, 0.2) is 0 Å². The highest BCUT2D eigenvalue weighted by Crippen LogP contribution is 2.26. The Balaban J connectivity index is 1.65. The zero-order valence-electron chi connectivity index (χ0n) is 15.2. The molecule has 2 aromatic rings. The van der Waals surface area contributed by atoms with Crippen LogP contribution in [0.5, 0.6) is 0 Å². The Hall–Kier alpha value is -1.55. The fraction of sp³-hybridized carbons (Fsp3) is 0.381. The van der Waals surface area contributed by atoms with Crippen LogP contribution in [0.15, 0.2) is 36.4 Å². The van der Waals surface area contributed by atoms with E-state index >= 15 is 0 Å². The molecular weight excluding hydrogens is 367 g/mol. The Bertz CT molecular complexity index is 786. The fourth-order valence-electron chi connectivity index (χ4n) is 3.54. The SMILES string of the molecule is Cc1cccc(C)c1NC(=O)[C@@H]1CCCN(Cc2ccc(Cl)cc2Cl)C1. The van der Waals surface area contributed by atoms with E-state index in [1.165, 1.54) is 0 Å². The third kappa shape index (κ3) is 4.59. The van der Waals surface area contributed by atoms with E-state index in [2.05, 4.69) is 10.2 Å². The van der Waals surface area contributed by atoms with Crippen LogP contribution in [0.4, 0.5) is 5.69 Å². The summed E-state index contributed by atoms with van der Waals surface area (Å²) in [6, 6.07) is 11.7. The molecule has 3 rings (SSSR count). The summed E-state index contributed by atoms with van der Waals surface area (Å²) < 4.78 is 0. The molecule has 5 heteroatoms. The van der Waals surface area contributed by atoms with Crippen molar-refractivity contribution >= 4 is 34.8 Å². The first kappa shape index (κ1) is 19.2. The number of nitrogens with zero attached hydrogens (tertiary/aromatic N) is 1. The van der Waals surface area contributed by atoms with Gasteiger partial charge in [-0.15, -0.1) is 0 Å². The maximum absolute atomic E-state index is 12.8. The zero-order chi connectivity index (χ0) is 18.7. The molecule has 1 aliphatic heterocycles. The van der Waals surface area contributed by atoms with Crippen molar-refractivity contribution in [2.45, 2.75) is 33.2 Å². The number of carbonyl (C=O) groups is 1. The van der Waals surface area contributed by atoms with Crippen molar-refractivity contribution in [2.24, 2.45) is 5.92 Å². The van der Waals surface area contributed by atoms with Crippen molar-refractivity contribution in [1.29, 1.82) is 0 Å². The minimum absolute atomic E-state index is 0.00571. The summed E-state index contributed by atoms with van der Waals surface area (Å²) in [4.78, 5) is 15.1. The number of carbonyl (C=O) groups excluding carboxylic acids is 1. The van der Waals surface area contributed by atoms with Crippen LogP contribution < -0.4 is 5.32 Å². The summed E-state index contributed by atoms with van der Waals surface area (Å²) in [5.74, 6) is 0.100. The first-order valence-electron chi connectivity index (χ1n) is 8.97. The van der Waals surface area contributed by atoms with Gasteiger partial charge in [-0.1, -0.05) is 47.5 Å². The molecule has 138 valence electrons. The van der Waals surface area contributed by atoms with Crippen LogP contribution in [0.25, 0.3) is 0 Å². The Kier molecular flexibility index (Phi) is 6.23. The summed E-state index contributed by atoms with van der Waals surface area (Å²) in [5, 5.41) is 4.46. The number of rotatable bonds is 4. The Morgan fingerprint density at radius 3 is 2.62 bits per heavy atom. The minimum Gasteiger partial charge on any atom is -0.325 e. The average molecular weight is 391 g/mol. The predicted molar refractivity (Wildman–Crippen MR) is 109 cm³/mol. The molecule has 0 aliphatic carbocycles. The maximum atomic E-state index is 12.8. The number of halogens is 2. The minimum atomic E-state index is -0.00571. The Labute approximate surface area is 165 Å². The summed E-state index contributed by atoms with van der Waals surface area (Å²) in [6.07, 6.45) is 1.93. The molecule has 0 bridgehead atoms. The van der Waals surface area contributed by atoms with Crippen molar-refractivity contribution in [2.75, 3.05) is 18.4 Å². The average Bonchev–Trinajstić information content (AvgIpc) is 2.61. The predicted octanol–water partition coefficient (Wildman–Crippen LogP) is 5.46. The van der Waals surface area contributed by atoms with E-state index < -0.39 is 0 Å². The standard InChI is InChI=1S/C21H24Cl2N2O/c1-14-5-3-6-15(2)20(14)24-21(26)17-7-4-10-25(13-17)12-16-8-9-18(22)11-19(16)23/h3,5-6,8-9,11,17H,4,7,10,12-13H2,1-2H3,(H,24,26)/t17-/m1/s1. The topological polar surface area (TPSA) is 32.3 Å². The van der Waals surface area contributed by atoms with E-state index in [-0.39, 0.29) is 11.8 Å². The molecule has 1 saturated heterocycles. The van der Waals surface area contributed by atoms with Gasteiger partial charge in [-0.2, -0.15) is 0 Å². The molecule has 1 amide bonds. The first-order chi connectivity index (χ1) is 12.4. The van der Waals surface area contributed by atoms with Gasteiger partial charge in [-0.3, -0.25) is 9.69 Å². The van der Waals surface area contributed by atoms with Crippen molar-refractivity contribution in [1.82, 2.24) is 4.90 Å². The highest BCUT2D eigenvalue weighted by molar-refractivity contribution is 6.35. The van der Waals surface area contributed by atoms with E-state index in [0.29, 0.717) is 10.0 Å². The molecule has 1 fully saturated rings. The van der Waals surface area contributed by atoms with Gasteiger partial charge >= 0.3 is 0 Å². The highest BCUT2D eigenvalue weighted by atomic mass is 35.5. The lowest BCUT2D eigenvalue weighted by Gasteiger charge is -2.32. The highest BCUT2D eigenvalue weighted by Gasteiger charge is 2.26. The van der Waals surface area contributed by atoms with Gasteiger partial charge in [0.1, 0.15) is 0 Å². The number of para-hydroxylation sites is 1. The lowest BCUT2D eigenvalue weighted by Crippen LogP contribution is -2.40. The fourth-order valence-corrected chi connectivity index (χ4v) is 4.01.